The molecule has 2 bridgehead atoms. The lowest BCUT2D eigenvalue weighted by Gasteiger charge is -2.53. The summed E-state index contributed by atoms with van der Waals surface area (Å²) in [5.74, 6) is 0.784. The number of piperidine rings is 3. The molecule has 9 heteroatoms. The lowest BCUT2D eigenvalue weighted by Crippen LogP contribution is -2.67. The molecule has 2 aromatic rings. The number of fused-ring (bicyclic) bond motifs is 5. The van der Waals surface area contributed by atoms with E-state index in [1.54, 1.807) is 0 Å². The minimum absolute atomic E-state index is 0. The van der Waals surface area contributed by atoms with Crippen molar-refractivity contribution in [3.63, 3.8) is 0 Å². The summed E-state index contributed by atoms with van der Waals surface area (Å²) in [7, 11) is 0. The van der Waals surface area contributed by atoms with Crippen LogP contribution >= 0.6 is 24.8 Å². The first-order chi connectivity index (χ1) is 13.6. The van der Waals surface area contributed by atoms with E-state index in [2.05, 4.69) is 15.6 Å². The summed E-state index contributed by atoms with van der Waals surface area (Å²) >= 11 is 0. The van der Waals surface area contributed by atoms with E-state index < -0.39 is 0 Å². The molecule has 3 aliphatic rings. The van der Waals surface area contributed by atoms with Crippen LogP contribution in [-0.4, -0.2) is 51.3 Å². The summed E-state index contributed by atoms with van der Waals surface area (Å²) in [6.07, 6.45) is 7.54. The summed E-state index contributed by atoms with van der Waals surface area (Å²) in [6.45, 7) is 4.19. The number of nitrogens with one attached hydrogen (secondary N) is 2. The van der Waals surface area contributed by atoms with Crippen molar-refractivity contribution in [3.8, 4) is 0 Å². The number of aromatic nitrogens is 2. The first kappa shape index (κ1) is 22.8. The van der Waals surface area contributed by atoms with E-state index in [-0.39, 0.29) is 54.6 Å². The molecular formula is C21H29Cl2N5O2. The highest BCUT2D eigenvalue weighted by molar-refractivity contribution is 5.89. The van der Waals surface area contributed by atoms with Crippen LogP contribution in [0.3, 0.4) is 0 Å². The average molecular weight is 454 g/mol. The molecule has 0 saturated carbocycles. The van der Waals surface area contributed by atoms with E-state index >= 15 is 0 Å². The van der Waals surface area contributed by atoms with E-state index in [1.165, 1.54) is 0 Å². The van der Waals surface area contributed by atoms with Gasteiger partial charge in [0, 0.05) is 37.3 Å². The zero-order chi connectivity index (χ0) is 19.3. The molecule has 0 radical (unpaired) electrons. The quantitative estimate of drug-likeness (QED) is 0.745. The topological polar surface area (TPSA) is 78.7 Å². The number of amides is 2. The summed E-state index contributed by atoms with van der Waals surface area (Å²) in [6, 6.07) is 3.86. The molecule has 2 amide bonds. The van der Waals surface area contributed by atoms with Gasteiger partial charge in [-0.05, 0) is 50.3 Å². The van der Waals surface area contributed by atoms with Gasteiger partial charge in [0.05, 0.1) is 12.2 Å². The van der Waals surface area contributed by atoms with Crippen LogP contribution in [0.25, 0.3) is 5.65 Å². The molecule has 0 unspecified atom stereocenters. The second kappa shape index (κ2) is 9.12. The number of hydrogen-bond donors (Lipinski definition) is 2. The van der Waals surface area contributed by atoms with E-state index in [0.29, 0.717) is 18.9 Å². The van der Waals surface area contributed by atoms with E-state index in [9.17, 15) is 9.59 Å². The summed E-state index contributed by atoms with van der Waals surface area (Å²) < 4.78 is 1.98. The molecule has 5 rings (SSSR count). The standard InChI is InChI=1S/C21H27N5O2.2ClH/c1-13-5-6-18-24-16(12-25(18)11-13)10-23-21(28)20-15-7-14(8-22-9-15)17-3-2-4-19(27)26(17)20;;/h5-6,11-12,14-15,17,20,22H,2-4,7-10H2,1H3,(H,23,28);2*1H/t14-,15+,17+,20-;;/m1../s1. The Morgan fingerprint density at radius 1 is 1.23 bits per heavy atom. The van der Waals surface area contributed by atoms with E-state index in [4.69, 9.17) is 0 Å². The third kappa shape index (κ3) is 4.03. The summed E-state index contributed by atoms with van der Waals surface area (Å²) in [5, 5.41) is 6.55. The predicted octanol–water partition coefficient (Wildman–Crippen LogP) is 2.09. The van der Waals surface area contributed by atoms with E-state index in [1.807, 2.05) is 40.8 Å². The highest BCUT2D eigenvalue weighted by Crippen LogP contribution is 2.39. The lowest BCUT2D eigenvalue weighted by molar-refractivity contribution is -0.157. The van der Waals surface area contributed by atoms with Crippen molar-refractivity contribution in [2.75, 3.05) is 13.1 Å². The first-order valence-corrected chi connectivity index (χ1v) is 10.3. The smallest absolute Gasteiger partial charge is 0.243 e. The predicted molar refractivity (Wildman–Crippen MR) is 119 cm³/mol. The molecule has 2 N–H and O–H groups in total. The Balaban J connectivity index is 0.00000128. The van der Waals surface area contributed by atoms with Gasteiger partial charge in [-0.3, -0.25) is 9.59 Å². The van der Waals surface area contributed by atoms with Gasteiger partial charge in [0.1, 0.15) is 11.7 Å². The normalized spacial score (nSPS) is 27.6. The molecule has 3 aliphatic heterocycles. The number of pyridine rings is 1. The van der Waals surface area contributed by atoms with Crippen LogP contribution in [0.1, 0.15) is 36.9 Å². The fraction of sp³-hybridized carbons (Fsp3) is 0.571. The van der Waals surface area contributed by atoms with Crippen molar-refractivity contribution in [2.24, 2.45) is 11.8 Å². The number of carbonyl (C=O) groups excluding carboxylic acids is 2. The number of halogens is 2. The minimum Gasteiger partial charge on any atom is -0.349 e. The fourth-order valence-electron chi connectivity index (χ4n) is 5.37. The van der Waals surface area contributed by atoms with Gasteiger partial charge < -0.3 is 19.9 Å². The second-order valence-electron chi connectivity index (χ2n) is 8.54. The van der Waals surface area contributed by atoms with Gasteiger partial charge >= 0.3 is 0 Å². The number of imidazole rings is 1. The van der Waals surface area contributed by atoms with Crippen LogP contribution in [-0.2, 0) is 16.1 Å². The van der Waals surface area contributed by atoms with Gasteiger partial charge in [-0.2, -0.15) is 0 Å². The largest absolute Gasteiger partial charge is 0.349 e. The highest BCUT2D eigenvalue weighted by Gasteiger charge is 2.50. The third-order valence-electron chi connectivity index (χ3n) is 6.61. The Kier molecular flexibility index (Phi) is 6.95. The van der Waals surface area contributed by atoms with Gasteiger partial charge in [0.25, 0.3) is 0 Å². The zero-order valence-electron chi connectivity index (χ0n) is 17.0. The SMILES string of the molecule is Cc1ccc2nc(CNC(=O)[C@H]3[C@@H]4CNC[C@@H](C4)[C@@H]4CCCC(=O)N43)cn2c1.Cl.Cl. The number of nitrogens with zero attached hydrogens (tertiary/aromatic N) is 3. The van der Waals surface area contributed by atoms with Crippen LogP contribution < -0.4 is 10.6 Å². The highest BCUT2D eigenvalue weighted by atomic mass is 35.5. The number of carbonyl (C=O) groups is 2. The van der Waals surface area contributed by atoms with Crippen molar-refractivity contribution in [1.82, 2.24) is 24.9 Å². The molecule has 164 valence electrons. The maximum absolute atomic E-state index is 13.2. The number of aryl methyl sites for hydroxylation is 1. The first-order valence-electron chi connectivity index (χ1n) is 10.3. The van der Waals surface area contributed by atoms with Crippen molar-refractivity contribution < 1.29 is 9.59 Å². The average Bonchev–Trinajstić information content (AvgIpc) is 3.09. The molecule has 3 fully saturated rings. The Hall–Kier alpha value is -1.83. The van der Waals surface area contributed by atoms with Crippen LogP contribution in [0.15, 0.2) is 24.5 Å². The second-order valence-corrected chi connectivity index (χ2v) is 8.54. The fourth-order valence-corrected chi connectivity index (χ4v) is 5.37. The molecule has 2 aromatic heterocycles. The minimum atomic E-state index is -0.360. The van der Waals surface area contributed by atoms with Crippen LogP contribution in [0.4, 0.5) is 0 Å². The van der Waals surface area contributed by atoms with Crippen molar-refractivity contribution in [2.45, 2.75) is 51.2 Å². The van der Waals surface area contributed by atoms with Gasteiger partial charge in [-0.25, -0.2) is 4.98 Å². The number of rotatable bonds is 3. The molecule has 0 aromatic carbocycles. The molecule has 30 heavy (non-hydrogen) atoms. The molecule has 7 nitrogen and oxygen atoms in total. The molecular weight excluding hydrogens is 425 g/mol. The Labute approximate surface area is 188 Å². The van der Waals surface area contributed by atoms with Gasteiger partial charge in [0.15, 0.2) is 0 Å². The van der Waals surface area contributed by atoms with Gasteiger partial charge in [-0.15, -0.1) is 24.8 Å². The van der Waals surface area contributed by atoms with Crippen molar-refractivity contribution in [3.05, 3.63) is 35.8 Å². The van der Waals surface area contributed by atoms with Crippen molar-refractivity contribution in [1.29, 1.82) is 0 Å². The van der Waals surface area contributed by atoms with Gasteiger partial charge in [-0.1, -0.05) is 6.07 Å². The monoisotopic (exact) mass is 453 g/mol. The van der Waals surface area contributed by atoms with Gasteiger partial charge in [0.2, 0.25) is 11.8 Å². The zero-order valence-corrected chi connectivity index (χ0v) is 18.7. The molecule has 0 aliphatic carbocycles. The lowest BCUT2D eigenvalue weighted by atomic mass is 9.72. The summed E-state index contributed by atoms with van der Waals surface area (Å²) in [4.78, 5) is 32.4. The Morgan fingerprint density at radius 2 is 2.03 bits per heavy atom. The van der Waals surface area contributed by atoms with Crippen LogP contribution in [0.5, 0.6) is 0 Å². The Morgan fingerprint density at radius 3 is 2.87 bits per heavy atom. The molecule has 3 saturated heterocycles. The van der Waals surface area contributed by atoms with Crippen LogP contribution in [0, 0.1) is 18.8 Å². The molecule has 0 spiro atoms. The molecule has 5 heterocycles. The molecule has 4 atom stereocenters. The van der Waals surface area contributed by atoms with E-state index in [0.717, 1.165) is 49.3 Å². The number of hydrogen-bond acceptors (Lipinski definition) is 4. The third-order valence-corrected chi connectivity index (χ3v) is 6.61. The Bertz CT molecular complexity index is 933. The maximum atomic E-state index is 13.2. The van der Waals surface area contributed by atoms with Crippen LogP contribution in [0.2, 0.25) is 0 Å². The van der Waals surface area contributed by atoms with Crippen molar-refractivity contribution >= 4 is 42.3 Å². The summed E-state index contributed by atoms with van der Waals surface area (Å²) in [5.41, 5.74) is 2.87. The maximum Gasteiger partial charge on any atom is 0.243 e.